The van der Waals surface area contributed by atoms with Crippen LogP contribution in [0, 0.1) is 6.92 Å². The molecule has 3 aromatic heterocycles. The standard InChI is InChI=1S/C21H26F3N9O2/c1-11-16-18(31(3)17(12(2)35-5)19(34)28-16)29-20(27-11)25-7-13-8-26-33(9-13)10-14-6-15(21(22,23)24)30-32(14)4/h6,8-9,12,17H,7,10H2,1-5H3,(H,28,34)(H,25,27,29)/t12-,17?/m1/s1. The first-order chi connectivity index (χ1) is 16.5. The Labute approximate surface area is 199 Å². The molecule has 35 heavy (non-hydrogen) atoms. The average molecular weight is 493 g/mol. The summed E-state index contributed by atoms with van der Waals surface area (Å²) in [6.45, 7) is 4.07. The Morgan fingerprint density at radius 3 is 2.69 bits per heavy atom. The molecule has 1 amide bonds. The second-order valence-electron chi connectivity index (χ2n) is 8.36. The summed E-state index contributed by atoms with van der Waals surface area (Å²) in [6, 6.07) is 0.466. The molecule has 2 atom stereocenters. The van der Waals surface area contributed by atoms with Crippen LogP contribution in [0.3, 0.4) is 0 Å². The molecule has 0 saturated carbocycles. The summed E-state index contributed by atoms with van der Waals surface area (Å²) >= 11 is 0. The van der Waals surface area contributed by atoms with Crippen molar-refractivity contribution in [3.05, 3.63) is 41.1 Å². The third-order valence-corrected chi connectivity index (χ3v) is 5.88. The number of likely N-dealkylation sites (N-methyl/N-ethyl adjacent to an activating group) is 1. The Morgan fingerprint density at radius 2 is 2.03 bits per heavy atom. The Morgan fingerprint density at radius 1 is 1.29 bits per heavy atom. The van der Waals surface area contributed by atoms with E-state index in [1.807, 2.05) is 6.92 Å². The summed E-state index contributed by atoms with van der Waals surface area (Å²) in [6.07, 6.45) is -1.51. The summed E-state index contributed by atoms with van der Waals surface area (Å²) in [7, 11) is 4.79. The van der Waals surface area contributed by atoms with Gasteiger partial charge in [0.2, 0.25) is 11.9 Å². The van der Waals surface area contributed by atoms with Gasteiger partial charge in [0.05, 0.1) is 30.2 Å². The molecule has 0 saturated heterocycles. The van der Waals surface area contributed by atoms with Crippen LogP contribution in [0.4, 0.5) is 30.6 Å². The molecule has 0 radical (unpaired) electrons. The number of rotatable bonds is 7. The molecule has 0 spiro atoms. The fourth-order valence-electron chi connectivity index (χ4n) is 3.92. The van der Waals surface area contributed by atoms with Gasteiger partial charge < -0.3 is 20.3 Å². The zero-order valence-corrected chi connectivity index (χ0v) is 19.9. The molecule has 0 aliphatic carbocycles. The molecule has 0 fully saturated rings. The van der Waals surface area contributed by atoms with Gasteiger partial charge in [0.1, 0.15) is 11.7 Å². The SMILES string of the molecule is CO[C@H](C)C1C(=O)Nc2c(C)nc(NCc3cnn(Cc4cc(C(F)(F)F)nn4C)c3)nc2N1C. The van der Waals surface area contributed by atoms with Crippen LogP contribution in [0.2, 0.25) is 0 Å². The Bertz CT molecular complexity index is 1240. The minimum atomic E-state index is -4.50. The van der Waals surface area contributed by atoms with Crippen LogP contribution in [0.5, 0.6) is 0 Å². The molecule has 1 aliphatic heterocycles. The molecule has 1 aliphatic rings. The maximum absolute atomic E-state index is 12.9. The van der Waals surface area contributed by atoms with Crippen molar-refractivity contribution in [2.75, 3.05) is 29.7 Å². The third kappa shape index (κ3) is 4.92. The molecule has 0 aromatic carbocycles. The molecule has 0 bridgehead atoms. The minimum absolute atomic E-state index is 0.137. The molecule has 11 nitrogen and oxygen atoms in total. The summed E-state index contributed by atoms with van der Waals surface area (Å²) in [4.78, 5) is 23.3. The van der Waals surface area contributed by atoms with Crippen molar-refractivity contribution in [1.29, 1.82) is 0 Å². The van der Waals surface area contributed by atoms with Gasteiger partial charge in [-0.3, -0.25) is 14.2 Å². The highest BCUT2D eigenvalue weighted by molar-refractivity contribution is 6.03. The van der Waals surface area contributed by atoms with Crippen molar-refractivity contribution in [3.63, 3.8) is 0 Å². The maximum atomic E-state index is 12.9. The van der Waals surface area contributed by atoms with Crippen molar-refractivity contribution in [1.82, 2.24) is 29.5 Å². The maximum Gasteiger partial charge on any atom is 0.435 e. The number of nitrogens with zero attached hydrogens (tertiary/aromatic N) is 7. The number of ether oxygens (including phenoxy) is 1. The third-order valence-electron chi connectivity index (χ3n) is 5.88. The van der Waals surface area contributed by atoms with Crippen LogP contribution in [-0.4, -0.2) is 61.7 Å². The van der Waals surface area contributed by atoms with Crippen LogP contribution in [0.25, 0.3) is 0 Å². The predicted octanol–water partition coefficient (Wildman–Crippen LogP) is 2.19. The predicted molar refractivity (Wildman–Crippen MR) is 121 cm³/mol. The van der Waals surface area contributed by atoms with E-state index in [4.69, 9.17) is 4.74 Å². The van der Waals surface area contributed by atoms with Crippen molar-refractivity contribution in [2.45, 2.75) is 45.3 Å². The van der Waals surface area contributed by atoms with Gasteiger partial charge in [-0.05, 0) is 19.9 Å². The number of hydrogen-bond acceptors (Lipinski definition) is 8. The highest BCUT2D eigenvalue weighted by atomic mass is 19.4. The van der Waals surface area contributed by atoms with Crippen molar-refractivity contribution in [2.24, 2.45) is 7.05 Å². The molecule has 4 heterocycles. The summed E-state index contributed by atoms with van der Waals surface area (Å²) < 4.78 is 46.8. The number of carbonyl (C=O) groups is 1. The number of carbonyl (C=O) groups excluding carboxylic acids is 1. The lowest BCUT2D eigenvalue weighted by Gasteiger charge is -2.37. The first-order valence-electron chi connectivity index (χ1n) is 10.8. The smallest absolute Gasteiger partial charge is 0.379 e. The Balaban J connectivity index is 1.46. The van der Waals surface area contributed by atoms with Gasteiger partial charge in [-0.2, -0.15) is 28.4 Å². The van der Waals surface area contributed by atoms with Crippen molar-refractivity contribution < 1.29 is 22.7 Å². The van der Waals surface area contributed by atoms with Crippen LogP contribution in [0.15, 0.2) is 18.5 Å². The van der Waals surface area contributed by atoms with E-state index in [0.29, 0.717) is 35.4 Å². The summed E-state index contributed by atoms with van der Waals surface area (Å²) in [5.74, 6) is 0.744. The lowest BCUT2D eigenvalue weighted by atomic mass is 10.1. The molecule has 1 unspecified atom stereocenters. The minimum Gasteiger partial charge on any atom is -0.379 e. The summed E-state index contributed by atoms with van der Waals surface area (Å²) in [5.41, 5.74) is 1.37. The normalized spacial score (nSPS) is 16.7. The number of hydrogen-bond donors (Lipinski definition) is 2. The summed E-state index contributed by atoms with van der Waals surface area (Å²) in [5, 5.41) is 13.8. The molecule has 4 rings (SSSR count). The number of fused-ring (bicyclic) bond motifs is 1. The van der Waals surface area contributed by atoms with Gasteiger partial charge >= 0.3 is 6.18 Å². The highest BCUT2D eigenvalue weighted by Crippen LogP contribution is 2.33. The number of nitrogens with one attached hydrogen (secondary N) is 2. The lowest BCUT2D eigenvalue weighted by Crippen LogP contribution is -2.53. The van der Waals surface area contributed by atoms with Gasteiger partial charge in [0.15, 0.2) is 11.5 Å². The molecular weight excluding hydrogens is 467 g/mol. The largest absolute Gasteiger partial charge is 0.435 e. The molecule has 3 aromatic rings. The van der Waals surface area contributed by atoms with E-state index in [1.54, 1.807) is 38.4 Å². The number of halogens is 3. The van der Waals surface area contributed by atoms with Crippen LogP contribution < -0.4 is 15.5 Å². The van der Waals surface area contributed by atoms with E-state index in [1.165, 1.54) is 16.4 Å². The molecule has 188 valence electrons. The fraction of sp³-hybridized carbons (Fsp3) is 0.476. The average Bonchev–Trinajstić information content (AvgIpc) is 3.39. The second-order valence-corrected chi connectivity index (χ2v) is 8.36. The number of aryl methyl sites for hydroxylation is 2. The first kappa shape index (κ1) is 24.4. The van der Waals surface area contributed by atoms with Crippen LogP contribution >= 0.6 is 0 Å². The van der Waals surface area contributed by atoms with Crippen LogP contribution in [-0.2, 0) is 35.8 Å². The van der Waals surface area contributed by atoms with E-state index in [0.717, 1.165) is 11.6 Å². The lowest BCUT2D eigenvalue weighted by molar-refractivity contribution is -0.141. The number of amides is 1. The van der Waals surface area contributed by atoms with Gasteiger partial charge in [-0.15, -0.1) is 0 Å². The molecular formula is C21H26F3N9O2. The topological polar surface area (TPSA) is 115 Å². The monoisotopic (exact) mass is 493 g/mol. The Kier molecular flexibility index (Phi) is 6.40. The molecule has 2 N–H and O–H groups in total. The number of aromatic nitrogens is 6. The van der Waals surface area contributed by atoms with Crippen molar-refractivity contribution >= 4 is 23.4 Å². The first-order valence-corrected chi connectivity index (χ1v) is 10.8. The quantitative estimate of drug-likeness (QED) is 0.515. The molecule has 14 heteroatoms. The van der Waals surface area contributed by atoms with Crippen LogP contribution in [0.1, 0.15) is 29.6 Å². The van der Waals surface area contributed by atoms with E-state index >= 15 is 0 Å². The second kappa shape index (κ2) is 9.17. The zero-order valence-electron chi connectivity index (χ0n) is 19.9. The zero-order chi connectivity index (χ0) is 25.5. The van der Waals surface area contributed by atoms with Gasteiger partial charge in [-0.1, -0.05) is 0 Å². The van der Waals surface area contributed by atoms with E-state index in [2.05, 4.69) is 30.8 Å². The van der Waals surface area contributed by atoms with Gasteiger partial charge in [0, 0.05) is 39.5 Å². The van der Waals surface area contributed by atoms with Gasteiger partial charge in [-0.25, -0.2) is 4.98 Å². The van der Waals surface area contributed by atoms with Gasteiger partial charge in [0.25, 0.3) is 0 Å². The Hall–Kier alpha value is -3.68. The van der Waals surface area contributed by atoms with E-state index < -0.39 is 17.9 Å². The van der Waals surface area contributed by atoms with E-state index in [-0.39, 0.29) is 18.6 Å². The van der Waals surface area contributed by atoms with E-state index in [9.17, 15) is 18.0 Å². The fourth-order valence-corrected chi connectivity index (χ4v) is 3.92. The highest BCUT2D eigenvalue weighted by Gasteiger charge is 2.37. The number of anilines is 3. The number of alkyl halides is 3. The van der Waals surface area contributed by atoms with Crippen molar-refractivity contribution in [3.8, 4) is 0 Å². The number of methoxy groups -OCH3 is 1.